The maximum Gasteiger partial charge on any atom is 0.322 e. The molecule has 1 aromatic carbocycles. The van der Waals surface area contributed by atoms with Crippen molar-refractivity contribution in [3.8, 4) is 5.75 Å². The number of hydrogen-bond donors (Lipinski definition) is 8. The molecule has 0 aliphatic carbocycles. The van der Waals surface area contributed by atoms with E-state index in [0.29, 0.717) is 24.8 Å². The second kappa shape index (κ2) is 19.2. The van der Waals surface area contributed by atoms with Crippen LogP contribution in [0.4, 0.5) is 0 Å². The van der Waals surface area contributed by atoms with Crippen LogP contribution in [0.25, 0.3) is 0 Å². The zero-order valence-electron chi connectivity index (χ0n) is 27.9. The zero-order valence-corrected chi connectivity index (χ0v) is 27.9. The number of benzene rings is 1. The Kier molecular flexibility index (Phi) is 15.8. The first-order chi connectivity index (χ1) is 22.7. The molecule has 2 rings (SSSR count). The number of amides is 6. The third-order valence-electron chi connectivity index (χ3n) is 8.02. The zero-order chi connectivity index (χ0) is 36.0. The SMILES string of the molecule is CC[C@H](C)[C@H](NC(=O)CNC(=O)[C@@H]1CCCN1C(=O)[C@H](Cc1ccc(O)cc1)NC(=O)[C@H](CC(C)C)NC(=O)CN)C(=O)NCC(=O)O. The van der Waals surface area contributed by atoms with E-state index >= 15 is 0 Å². The lowest BCUT2D eigenvalue weighted by atomic mass is 9.98. The molecule has 1 fully saturated rings. The summed E-state index contributed by atoms with van der Waals surface area (Å²) in [5.41, 5.74) is 6.06. The lowest BCUT2D eigenvalue weighted by Gasteiger charge is -2.30. The van der Waals surface area contributed by atoms with Gasteiger partial charge < -0.3 is 47.4 Å². The summed E-state index contributed by atoms with van der Waals surface area (Å²) in [6.45, 7) is 6.05. The van der Waals surface area contributed by atoms with Gasteiger partial charge in [-0.2, -0.15) is 0 Å². The lowest BCUT2D eigenvalue weighted by molar-refractivity contribution is -0.142. The van der Waals surface area contributed by atoms with Crippen LogP contribution >= 0.6 is 0 Å². The Morgan fingerprint density at radius 1 is 0.896 bits per heavy atom. The number of rotatable bonds is 18. The second-order valence-electron chi connectivity index (χ2n) is 12.3. The number of carbonyl (C=O) groups excluding carboxylic acids is 6. The fourth-order valence-electron chi connectivity index (χ4n) is 5.28. The van der Waals surface area contributed by atoms with E-state index in [9.17, 15) is 38.7 Å². The number of nitrogens with two attached hydrogens (primary N) is 1. The Morgan fingerprint density at radius 3 is 2.15 bits per heavy atom. The first-order valence-corrected chi connectivity index (χ1v) is 16.1. The van der Waals surface area contributed by atoms with Crippen LogP contribution in [0.5, 0.6) is 5.75 Å². The van der Waals surface area contributed by atoms with Crippen molar-refractivity contribution in [3.63, 3.8) is 0 Å². The number of likely N-dealkylation sites (tertiary alicyclic amines) is 1. The lowest BCUT2D eigenvalue weighted by Crippen LogP contribution is -2.58. The molecule has 16 heteroatoms. The van der Waals surface area contributed by atoms with Crippen molar-refractivity contribution >= 4 is 41.4 Å². The average Bonchev–Trinajstić information content (AvgIpc) is 3.54. The Bertz CT molecular complexity index is 1310. The van der Waals surface area contributed by atoms with Gasteiger partial charge in [0.2, 0.25) is 35.4 Å². The summed E-state index contributed by atoms with van der Waals surface area (Å²) in [7, 11) is 0. The van der Waals surface area contributed by atoms with Gasteiger partial charge in [0.25, 0.3) is 0 Å². The highest BCUT2D eigenvalue weighted by atomic mass is 16.4. The van der Waals surface area contributed by atoms with Crippen LogP contribution in [-0.4, -0.2) is 107 Å². The van der Waals surface area contributed by atoms with Gasteiger partial charge in [-0.1, -0.05) is 46.2 Å². The molecule has 0 aromatic heterocycles. The topological polar surface area (TPSA) is 249 Å². The summed E-state index contributed by atoms with van der Waals surface area (Å²) in [6.07, 6.45) is 1.61. The highest BCUT2D eigenvalue weighted by molar-refractivity contribution is 5.96. The summed E-state index contributed by atoms with van der Waals surface area (Å²) in [6, 6.07) is 2.03. The molecule has 0 bridgehead atoms. The van der Waals surface area contributed by atoms with Crippen molar-refractivity contribution in [2.24, 2.45) is 17.6 Å². The van der Waals surface area contributed by atoms with Crippen LogP contribution in [0.1, 0.15) is 58.9 Å². The summed E-state index contributed by atoms with van der Waals surface area (Å²) in [4.78, 5) is 90.2. The van der Waals surface area contributed by atoms with Gasteiger partial charge in [-0.05, 0) is 48.8 Å². The van der Waals surface area contributed by atoms with Crippen molar-refractivity contribution in [3.05, 3.63) is 29.8 Å². The number of hydrogen-bond acceptors (Lipinski definition) is 9. The fraction of sp³-hybridized carbons (Fsp3) is 0.594. The van der Waals surface area contributed by atoms with E-state index in [1.54, 1.807) is 26.0 Å². The number of carboxylic acids is 1. The number of aromatic hydroxyl groups is 1. The maximum atomic E-state index is 14.0. The normalized spacial score (nSPS) is 16.6. The number of nitrogens with one attached hydrogen (secondary N) is 5. The molecule has 266 valence electrons. The molecule has 1 saturated heterocycles. The average molecular weight is 676 g/mol. The predicted molar refractivity (Wildman–Crippen MR) is 174 cm³/mol. The number of aliphatic carboxylic acids is 1. The molecule has 48 heavy (non-hydrogen) atoms. The van der Waals surface area contributed by atoms with Crippen LogP contribution in [0.3, 0.4) is 0 Å². The van der Waals surface area contributed by atoms with E-state index in [-0.39, 0.29) is 43.5 Å². The molecule has 16 nitrogen and oxygen atoms in total. The van der Waals surface area contributed by atoms with Crippen molar-refractivity contribution in [1.82, 2.24) is 31.5 Å². The summed E-state index contributed by atoms with van der Waals surface area (Å²) in [5, 5.41) is 31.2. The van der Waals surface area contributed by atoms with Crippen molar-refractivity contribution in [2.45, 2.75) is 84.0 Å². The highest BCUT2D eigenvalue weighted by Gasteiger charge is 2.39. The molecule has 0 saturated carbocycles. The van der Waals surface area contributed by atoms with Crippen molar-refractivity contribution in [1.29, 1.82) is 0 Å². The first-order valence-electron chi connectivity index (χ1n) is 16.1. The Morgan fingerprint density at radius 2 is 1.56 bits per heavy atom. The van der Waals surface area contributed by atoms with Gasteiger partial charge in [0.1, 0.15) is 36.5 Å². The minimum Gasteiger partial charge on any atom is -0.508 e. The monoisotopic (exact) mass is 675 g/mol. The van der Waals surface area contributed by atoms with Crippen LogP contribution in [-0.2, 0) is 40.0 Å². The molecule has 1 aliphatic rings. The molecule has 0 radical (unpaired) electrons. The number of phenols is 1. The van der Waals surface area contributed by atoms with Gasteiger partial charge in [-0.15, -0.1) is 0 Å². The molecule has 5 atom stereocenters. The Hall–Kier alpha value is -4.73. The van der Waals surface area contributed by atoms with Gasteiger partial charge in [-0.3, -0.25) is 33.6 Å². The Labute approximate surface area is 279 Å². The van der Waals surface area contributed by atoms with Gasteiger partial charge in [0, 0.05) is 13.0 Å². The third-order valence-corrected chi connectivity index (χ3v) is 8.02. The van der Waals surface area contributed by atoms with Crippen LogP contribution in [0.2, 0.25) is 0 Å². The van der Waals surface area contributed by atoms with E-state index in [1.165, 1.54) is 17.0 Å². The van der Waals surface area contributed by atoms with Gasteiger partial charge in [0.05, 0.1) is 13.1 Å². The van der Waals surface area contributed by atoms with Gasteiger partial charge in [-0.25, -0.2) is 0 Å². The van der Waals surface area contributed by atoms with E-state index < -0.39 is 78.7 Å². The summed E-state index contributed by atoms with van der Waals surface area (Å²) in [5.74, 6) is -5.14. The molecular weight excluding hydrogens is 626 g/mol. The molecular formula is C32H49N7O9. The predicted octanol–water partition coefficient (Wildman–Crippen LogP) is -1.25. The second-order valence-corrected chi connectivity index (χ2v) is 12.3. The molecule has 1 heterocycles. The first kappa shape index (κ1) is 39.4. The third kappa shape index (κ3) is 12.5. The minimum absolute atomic E-state index is 0.0174. The molecule has 1 aromatic rings. The molecule has 9 N–H and O–H groups in total. The van der Waals surface area contributed by atoms with E-state index in [1.807, 2.05) is 13.8 Å². The largest absolute Gasteiger partial charge is 0.508 e. The number of carbonyl (C=O) groups is 7. The molecule has 0 spiro atoms. The number of nitrogens with zero attached hydrogens (tertiary/aromatic N) is 1. The van der Waals surface area contributed by atoms with Crippen LogP contribution in [0.15, 0.2) is 24.3 Å². The van der Waals surface area contributed by atoms with Crippen LogP contribution in [0, 0.1) is 11.8 Å². The van der Waals surface area contributed by atoms with Gasteiger partial charge >= 0.3 is 5.97 Å². The summed E-state index contributed by atoms with van der Waals surface area (Å²) < 4.78 is 0. The number of carboxylic acid groups (broad SMARTS) is 1. The maximum absolute atomic E-state index is 14.0. The molecule has 6 amide bonds. The number of phenolic OH excluding ortho intramolecular Hbond substituents is 1. The fourth-order valence-corrected chi connectivity index (χ4v) is 5.28. The quantitative estimate of drug-likeness (QED) is 0.0918. The molecule has 1 aliphatic heterocycles. The van der Waals surface area contributed by atoms with Crippen molar-refractivity contribution < 1.29 is 43.8 Å². The van der Waals surface area contributed by atoms with Crippen molar-refractivity contribution in [2.75, 3.05) is 26.2 Å². The van der Waals surface area contributed by atoms with E-state index in [2.05, 4.69) is 26.6 Å². The summed E-state index contributed by atoms with van der Waals surface area (Å²) >= 11 is 0. The van der Waals surface area contributed by atoms with E-state index in [0.717, 1.165) is 0 Å². The molecule has 0 unspecified atom stereocenters. The van der Waals surface area contributed by atoms with Gasteiger partial charge in [0.15, 0.2) is 0 Å². The smallest absolute Gasteiger partial charge is 0.322 e. The Balaban J connectivity index is 2.19. The van der Waals surface area contributed by atoms with Crippen LogP contribution < -0.4 is 32.3 Å². The van der Waals surface area contributed by atoms with E-state index in [4.69, 9.17) is 10.8 Å². The minimum atomic E-state index is -1.24. The standard InChI is InChI=1S/C32H49N7O9/c1-5-19(4)28(31(47)35-17-27(43)44)38-26(42)16-34-30(46)24-7-6-12-39(24)32(48)23(14-20-8-10-21(40)11-9-20)37-29(45)22(13-18(2)3)36-25(41)15-33/h8-11,18-19,22-24,28,40H,5-7,12-17,33H2,1-4H3,(H,34,46)(H,35,47)(H,36,41)(H,37,45)(H,38,42)(H,43,44)/t19-,22-,23-,24-,28-/m0/s1. The highest BCUT2D eigenvalue weighted by Crippen LogP contribution is 2.21.